The number of carbonyl (C=O) groups is 1. The van der Waals surface area contributed by atoms with E-state index in [1.54, 1.807) is 6.07 Å². The lowest BCUT2D eigenvalue weighted by Crippen LogP contribution is -2.03. The summed E-state index contributed by atoms with van der Waals surface area (Å²) < 4.78 is 0. The number of carboxylic acid groups (broad SMARTS) is 1. The maximum absolute atomic E-state index is 10.5. The van der Waals surface area contributed by atoms with Crippen molar-refractivity contribution in [2.45, 2.75) is 0 Å². The van der Waals surface area contributed by atoms with Crippen molar-refractivity contribution in [3.63, 3.8) is 0 Å². The molecule has 0 aliphatic heterocycles. The van der Waals surface area contributed by atoms with Gasteiger partial charge in [-0.1, -0.05) is 11.8 Å². The van der Waals surface area contributed by atoms with Crippen LogP contribution in [0.25, 0.3) is 0 Å². The maximum atomic E-state index is 10.5. The SMILES string of the molecule is O=C(O)c1ccc(NCC#CCO)cn1. The third-order valence-corrected chi connectivity index (χ3v) is 1.57. The molecule has 1 rings (SSSR count). The number of hydrogen-bond acceptors (Lipinski definition) is 4. The first kappa shape index (κ1) is 11.0. The molecule has 0 saturated heterocycles. The van der Waals surface area contributed by atoms with E-state index in [0.717, 1.165) is 0 Å². The van der Waals surface area contributed by atoms with Crippen molar-refractivity contribution in [2.24, 2.45) is 0 Å². The van der Waals surface area contributed by atoms with Crippen molar-refractivity contribution in [1.82, 2.24) is 4.98 Å². The Morgan fingerprint density at radius 2 is 2.27 bits per heavy atom. The van der Waals surface area contributed by atoms with Crippen LogP contribution in [0.2, 0.25) is 0 Å². The highest BCUT2D eigenvalue weighted by atomic mass is 16.4. The summed E-state index contributed by atoms with van der Waals surface area (Å²) in [5.41, 5.74) is 0.689. The molecule has 0 bridgehead atoms. The molecular formula is C10H10N2O3. The summed E-state index contributed by atoms with van der Waals surface area (Å²) in [5, 5.41) is 19.9. The van der Waals surface area contributed by atoms with Gasteiger partial charge in [-0.25, -0.2) is 9.78 Å². The minimum atomic E-state index is -1.05. The van der Waals surface area contributed by atoms with Crippen LogP contribution in [0.1, 0.15) is 10.5 Å². The number of anilines is 1. The van der Waals surface area contributed by atoms with E-state index in [-0.39, 0.29) is 12.3 Å². The lowest BCUT2D eigenvalue weighted by atomic mass is 10.3. The highest BCUT2D eigenvalue weighted by molar-refractivity contribution is 5.85. The summed E-state index contributed by atoms with van der Waals surface area (Å²) in [6.07, 6.45) is 1.42. The molecule has 0 fully saturated rings. The lowest BCUT2D eigenvalue weighted by Gasteiger charge is -2.01. The van der Waals surface area contributed by atoms with Crippen LogP contribution < -0.4 is 5.32 Å². The topological polar surface area (TPSA) is 82.5 Å². The van der Waals surface area contributed by atoms with Gasteiger partial charge in [0.1, 0.15) is 12.3 Å². The molecule has 0 spiro atoms. The number of carboxylic acids is 1. The number of nitrogens with zero attached hydrogens (tertiary/aromatic N) is 1. The first-order chi connectivity index (χ1) is 7.24. The molecular weight excluding hydrogens is 196 g/mol. The number of aromatic nitrogens is 1. The third-order valence-electron chi connectivity index (χ3n) is 1.57. The Bertz CT molecular complexity index is 389. The average Bonchev–Trinajstić information content (AvgIpc) is 2.25. The van der Waals surface area contributed by atoms with E-state index in [0.29, 0.717) is 12.2 Å². The minimum Gasteiger partial charge on any atom is -0.477 e. The van der Waals surface area contributed by atoms with E-state index in [9.17, 15) is 4.79 Å². The van der Waals surface area contributed by atoms with Crippen LogP contribution in [0, 0.1) is 11.8 Å². The van der Waals surface area contributed by atoms with Crippen LogP contribution in [0.4, 0.5) is 5.69 Å². The number of aliphatic hydroxyl groups excluding tert-OH is 1. The van der Waals surface area contributed by atoms with Crippen LogP contribution in [0.5, 0.6) is 0 Å². The van der Waals surface area contributed by atoms with E-state index >= 15 is 0 Å². The molecule has 0 unspecified atom stereocenters. The normalized spacial score (nSPS) is 8.87. The van der Waals surface area contributed by atoms with Crippen molar-refractivity contribution in [3.8, 4) is 11.8 Å². The van der Waals surface area contributed by atoms with Crippen molar-refractivity contribution in [2.75, 3.05) is 18.5 Å². The zero-order chi connectivity index (χ0) is 11.1. The number of aromatic carboxylic acids is 1. The second-order valence-electron chi connectivity index (χ2n) is 2.60. The van der Waals surface area contributed by atoms with E-state index in [4.69, 9.17) is 10.2 Å². The quantitative estimate of drug-likeness (QED) is 0.615. The van der Waals surface area contributed by atoms with Gasteiger partial charge in [0.25, 0.3) is 0 Å². The molecule has 0 radical (unpaired) electrons. The second-order valence-corrected chi connectivity index (χ2v) is 2.60. The van der Waals surface area contributed by atoms with Gasteiger partial charge in [-0.05, 0) is 12.1 Å². The number of pyridine rings is 1. The smallest absolute Gasteiger partial charge is 0.354 e. The summed E-state index contributed by atoms with van der Waals surface area (Å²) in [6, 6.07) is 3.02. The average molecular weight is 206 g/mol. The Balaban J connectivity index is 2.53. The van der Waals surface area contributed by atoms with E-state index in [1.165, 1.54) is 12.3 Å². The second kappa shape index (κ2) is 5.62. The van der Waals surface area contributed by atoms with Crippen molar-refractivity contribution >= 4 is 11.7 Å². The third kappa shape index (κ3) is 3.67. The van der Waals surface area contributed by atoms with Gasteiger partial charge in [0.05, 0.1) is 18.4 Å². The first-order valence-corrected chi connectivity index (χ1v) is 4.24. The van der Waals surface area contributed by atoms with Gasteiger partial charge in [0.15, 0.2) is 0 Å². The molecule has 0 aromatic carbocycles. The zero-order valence-electron chi connectivity index (χ0n) is 7.90. The molecule has 0 aliphatic rings. The van der Waals surface area contributed by atoms with Crippen molar-refractivity contribution in [1.29, 1.82) is 0 Å². The predicted molar refractivity (Wildman–Crippen MR) is 54.5 cm³/mol. The lowest BCUT2D eigenvalue weighted by molar-refractivity contribution is 0.0690. The predicted octanol–water partition coefficient (Wildman–Crippen LogP) is 0.187. The van der Waals surface area contributed by atoms with Crippen LogP contribution in [0.15, 0.2) is 18.3 Å². The molecule has 0 aliphatic carbocycles. The zero-order valence-corrected chi connectivity index (χ0v) is 7.90. The number of hydrogen-bond donors (Lipinski definition) is 3. The van der Waals surface area contributed by atoms with Gasteiger partial charge in [-0.15, -0.1) is 0 Å². The van der Waals surface area contributed by atoms with Crippen LogP contribution in [-0.2, 0) is 0 Å². The largest absolute Gasteiger partial charge is 0.477 e. The van der Waals surface area contributed by atoms with Crippen molar-refractivity contribution < 1.29 is 15.0 Å². The summed E-state index contributed by atoms with van der Waals surface area (Å²) >= 11 is 0. The molecule has 78 valence electrons. The monoisotopic (exact) mass is 206 g/mol. The maximum Gasteiger partial charge on any atom is 0.354 e. The molecule has 1 aromatic rings. The highest BCUT2D eigenvalue weighted by Crippen LogP contribution is 2.05. The fourth-order valence-electron chi connectivity index (χ4n) is 0.890. The summed E-state index contributed by atoms with van der Waals surface area (Å²) in [5.74, 6) is 4.09. The van der Waals surface area contributed by atoms with Crippen LogP contribution >= 0.6 is 0 Å². The molecule has 5 heteroatoms. The molecule has 3 N–H and O–H groups in total. The molecule has 0 saturated carbocycles. The van der Waals surface area contributed by atoms with Crippen molar-refractivity contribution in [3.05, 3.63) is 24.0 Å². The van der Waals surface area contributed by atoms with Gasteiger partial charge < -0.3 is 15.5 Å². The van der Waals surface area contributed by atoms with Crippen LogP contribution in [-0.4, -0.2) is 34.3 Å². The molecule has 1 aromatic heterocycles. The standard InChI is InChI=1S/C10H10N2O3/c13-6-2-1-5-11-8-3-4-9(10(14)15)12-7-8/h3-4,7,11,13H,5-6H2,(H,14,15). The van der Waals surface area contributed by atoms with Gasteiger partial charge in [-0.2, -0.15) is 0 Å². The highest BCUT2D eigenvalue weighted by Gasteiger charge is 2.02. The van der Waals surface area contributed by atoms with E-state index in [1.807, 2.05) is 0 Å². The van der Waals surface area contributed by atoms with E-state index in [2.05, 4.69) is 22.1 Å². The van der Waals surface area contributed by atoms with Crippen LogP contribution in [0.3, 0.4) is 0 Å². The molecule has 15 heavy (non-hydrogen) atoms. The van der Waals surface area contributed by atoms with Gasteiger partial charge in [0, 0.05) is 0 Å². The number of aliphatic hydroxyl groups is 1. The minimum absolute atomic E-state index is 0.00184. The fourth-order valence-corrected chi connectivity index (χ4v) is 0.890. The summed E-state index contributed by atoms with van der Waals surface area (Å²) in [6.45, 7) is 0.215. The Morgan fingerprint density at radius 3 is 2.80 bits per heavy atom. The molecule has 0 atom stereocenters. The summed E-state index contributed by atoms with van der Waals surface area (Å²) in [7, 11) is 0. The first-order valence-electron chi connectivity index (χ1n) is 4.24. The Labute approximate surface area is 86.8 Å². The molecule has 0 amide bonds. The Kier molecular flexibility index (Phi) is 4.13. The summed E-state index contributed by atoms with van der Waals surface area (Å²) in [4.78, 5) is 14.2. The molecule has 1 heterocycles. The number of rotatable bonds is 3. The fraction of sp³-hybridized carbons (Fsp3) is 0.200. The Hall–Kier alpha value is -2.06. The van der Waals surface area contributed by atoms with E-state index < -0.39 is 5.97 Å². The van der Waals surface area contributed by atoms with Gasteiger partial charge in [0.2, 0.25) is 0 Å². The van der Waals surface area contributed by atoms with Gasteiger partial charge >= 0.3 is 5.97 Å². The Morgan fingerprint density at radius 1 is 1.47 bits per heavy atom. The molecule has 5 nitrogen and oxygen atoms in total. The number of nitrogens with one attached hydrogen (secondary N) is 1. The van der Waals surface area contributed by atoms with Gasteiger partial charge in [-0.3, -0.25) is 0 Å².